The van der Waals surface area contributed by atoms with Gasteiger partial charge in [0.2, 0.25) is 0 Å². The number of rotatable bonds is 6. The summed E-state index contributed by atoms with van der Waals surface area (Å²) in [6.07, 6.45) is 0.335. The summed E-state index contributed by atoms with van der Waals surface area (Å²) in [7, 11) is 3.58. The lowest BCUT2D eigenvalue weighted by molar-refractivity contribution is 0.199. The Hall–Kier alpha value is -2.20. The third kappa shape index (κ3) is 5.40. The molecular formula is C21H32N2O2. The standard InChI is InChI=1S/C19H26N2O2.C2H6/c1-12(17-11-16(20)7-8-18(17)21-3)9-15-6-5-14(13(2)22)10-19(15)23-4;1-2/h5-8,10-13,21-22H,9,20H2,1-4H3;1-2H3. The number of hydrogen-bond donors (Lipinski definition) is 3. The molecule has 0 bridgehead atoms. The zero-order valence-corrected chi connectivity index (χ0v) is 16.3. The van der Waals surface area contributed by atoms with E-state index in [9.17, 15) is 5.11 Å². The quantitative estimate of drug-likeness (QED) is 0.662. The van der Waals surface area contributed by atoms with E-state index < -0.39 is 6.10 Å². The number of hydrogen-bond acceptors (Lipinski definition) is 4. The van der Waals surface area contributed by atoms with E-state index >= 15 is 0 Å². The molecule has 0 saturated heterocycles. The molecule has 2 atom stereocenters. The lowest BCUT2D eigenvalue weighted by atomic mass is 9.91. The largest absolute Gasteiger partial charge is 0.496 e. The normalized spacial score (nSPS) is 12.6. The first-order valence-corrected chi connectivity index (χ1v) is 8.88. The molecule has 0 fully saturated rings. The molecule has 0 aliphatic heterocycles. The van der Waals surface area contributed by atoms with Crippen LogP contribution < -0.4 is 15.8 Å². The number of anilines is 2. The molecule has 2 aromatic carbocycles. The Bertz CT molecular complexity index is 669. The lowest BCUT2D eigenvalue weighted by Crippen LogP contribution is -2.05. The zero-order chi connectivity index (χ0) is 19.0. The van der Waals surface area contributed by atoms with Gasteiger partial charge in [0.15, 0.2) is 0 Å². The van der Waals surface area contributed by atoms with Crippen molar-refractivity contribution in [3.05, 3.63) is 53.1 Å². The maximum atomic E-state index is 9.72. The van der Waals surface area contributed by atoms with Gasteiger partial charge < -0.3 is 20.9 Å². The van der Waals surface area contributed by atoms with Crippen molar-refractivity contribution in [1.29, 1.82) is 0 Å². The Morgan fingerprint density at radius 1 is 1.12 bits per heavy atom. The van der Waals surface area contributed by atoms with Gasteiger partial charge in [-0.3, -0.25) is 0 Å². The minimum absolute atomic E-state index is 0.284. The van der Waals surface area contributed by atoms with Crippen LogP contribution >= 0.6 is 0 Å². The Balaban J connectivity index is 0.00000151. The van der Waals surface area contributed by atoms with Crippen LogP contribution in [0.4, 0.5) is 11.4 Å². The summed E-state index contributed by atoms with van der Waals surface area (Å²) in [6, 6.07) is 11.8. The van der Waals surface area contributed by atoms with Crippen molar-refractivity contribution >= 4 is 11.4 Å². The van der Waals surface area contributed by atoms with Crippen LogP contribution in [0.15, 0.2) is 36.4 Å². The first kappa shape index (κ1) is 20.8. The maximum absolute atomic E-state index is 9.72. The van der Waals surface area contributed by atoms with Crippen LogP contribution in [0.25, 0.3) is 0 Å². The molecule has 0 spiro atoms. The van der Waals surface area contributed by atoms with Crippen LogP contribution in [0, 0.1) is 0 Å². The molecule has 2 aromatic rings. The summed E-state index contributed by atoms with van der Waals surface area (Å²) in [5.41, 5.74) is 11.0. The second-order valence-corrected chi connectivity index (χ2v) is 5.95. The van der Waals surface area contributed by atoms with E-state index in [2.05, 4.69) is 12.2 Å². The Morgan fingerprint density at radius 3 is 2.36 bits per heavy atom. The molecule has 4 nitrogen and oxygen atoms in total. The number of ether oxygens (including phenoxy) is 1. The fourth-order valence-electron chi connectivity index (χ4n) is 2.85. The predicted octanol–water partition coefficient (Wildman–Crippen LogP) is 4.74. The number of benzene rings is 2. The maximum Gasteiger partial charge on any atom is 0.122 e. The Labute approximate surface area is 152 Å². The van der Waals surface area contributed by atoms with E-state index in [0.29, 0.717) is 0 Å². The average molecular weight is 344 g/mol. The topological polar surface area (TPSA) is 67.5 Å². The van der Waals surface area contributed by atoms with E-state index in [1.54, 1.807) is 14.0 Å². The monoisotopic (exact) mass is 344 g/mol. The van der Waals surface area contributed by atoms with Crippen LogP contribution in [0.1, 0.15) is 56.4 Å². The summed E-state index contributed by atoms with van der Waals surface area (Å²) in [5, 5.41) is 12.9. The molecule has 4 heteroatoms. The lowest BCUT2D eigenvalue weighted by Gasteiger charge is -2.19. The van der Waals surface area contributed by atoms with Gasteiger partial charge in [-0.05, 0) is 60.2 Å². The summed E-state index contributed by atoms with van der Waals surface area (Å²) in [5.74, 6) is 1.09. The van der Waals surface area contributed by atoms with E-state index in [4.69, 9.17) is 10.5 Å². The van der Waals surface area contributed by atoms with E-state index in [1.807, 2.05) is 57.3 Å². The van der Waals surface area contributed by atoms with Gasteiger partial charge in [0, 0.05) is 18.4 Å². The van der Waals surface area contributed by atoms with E-state index in [0.717, 1.165) is 34.7 Å². The summed E-state index contributed by atoms with van der Waals surface area (Å²) in [4.78, 5) is 0. The van der Waals surface area contributed by atoms with Crippen LogP contribution in [0.5, 0.6) is 5.75 Å². The number of aliphatic hydroxyl groups is 1. The molecule has 0 radical (unpaired) electrons. The molecule has 138 valence electrons. The fourth-order valence-corrected chi connectivity index (χ4v) is 2.85. The van der Waals surface area contributed by atoms with Crippen molar-refractivity contribution in [3.63, 3.8) is 0 Å². The first-order valence-electron chi connectivity index (χ1n) is 8.88. The van der Waals surface area contributed by atoms with Gasteiger partial charge in [-0.15, -0.1) is 0 Å². The number of nitrogens with two attached hydrogens (primary N) is 1. The van der Waals surface area contributed by atoms with Crippen molar-refractivity contribution in [2.75, 3.05) is 25.2 Å². The van der Waals surface area contributed by atoms with Gasteiger partial charge in [0.1, 0.15) is 5.75 Å². The van der Waals surface area contributed by atoms with Gasteiger partial charge in [0.05, 0.1) is 13.2 Å². The van der Waals surface area contributed by atoms with Crippen LogP contribution in [0.2, 0.25) is 0 Å². The molecule has 0 aliphatic carbocycles. The summed E-state index contributed by atoms with van der Waals surface area (Å²) >= 11 is 0. The number of methoxy groups -OCH3 is 1. The van der Waals surface area contributed by atoms with Gasteiger partial charge in [0.25, 0.3) is 0 Å². The molecule has 0 aliphatic rings. The summed E-state index contributed by atoms with van der Waals surface area (Å²) < 4.78 is 5.50. The van der Waals surface area contributed by atoms with Crippen LogP contribution in [-0.2, 0) is 6.42 Å². The van der Waals surface area contributed by atoms with Gasteiger partial charge in [-0.1, -0.05) is 32.9 Å². The number of nitrogen functional groups attached to an aromatic ring is 1. The third-order valence-corrected chi connectivity index (χ3v) is 4.20. The van der Waals surface area contributed by atoms with Crippen molar-refractivity contribution in [1.82, 2.24) is 0 Å². The summed E-state index contributed by atoms with van der Waals surface area (Å²) in [6.45, 7) is 7.93. The average Bonchev–Trinajstić information content (AvgIpc) is 2.63. The highest BCUT2D eigenvalue weighted by molar-refractivity contribution is 5.59. The zero-order valence-electron chi connectivity index (χ0n) is 16.3. The van der Waals surface area contributed by atoms with Gasteiger partial charge in [-0.25, -0.2) is 0 Å². The highest BCUT2D eigenvalue weighted by atomic mass is 16.5. The fraction of sp³-hybridized carbons (Fsp3) is 0.429. The second-order valence-electron chi connectivity index (χ2n) is 5.95. The third-order valence-electron chi connectivity index (χ3n) is 4.20. The minimum atomic E-state index is -0.500. The highest BCUT2D eigenvalue weighted by Gasteiger charge is 2.15. The molecule has 25 heavy (non-hydrogen) atoms. The van der Waals surface area contributed by atoms with Crippen molar-refractivity contribution < 1.29 is 9.84 Å². The van der Waals surface area contributed by atoms with E-state index in [1.165, 1.54) is 5.56 Å². The van der Waals surface area contributed by atoms with Crippen LogP contribution in [-0.4, -0.2) is 19.3 Å². The van der Waals surface area contributed by atoms with Crippen LogP contribution in [0.3, 0.4) is 0 Å². The van der Waals surface area contributed by atoms with Crippen molar-refractivity contribution in [2.45, 2.75) is 46.1 Å². The number of nitrogens with one attached hydrogen (secondary N) is 1. The first-order chi connectivity index (χ1) is 12.0. The van der Waals surface area contributed by atoms with Gasteiger partial charge in [-0.2, -0.15) is 0 Å². The molecule has 0 heterocycles. The molecule has 4 N–H and O–H groups in total. The van der Waals surface area contributed by atoms with Crippen molar-refractivity contribution in [3.8, 4) is 5.75 Å². The predicted molar refractivity (Wildman–Crippen MR) is 107 cm³/mol. The SMILES string of the molecule is CC.CNc1ccc(N)cc1C(C)Cc1ccc(C(C)O)cc1OC. The molecule has 0 amide bonds. The smallest absolute Gasteiger partial charge is 0.122 e. The Morgan fingerprint density at radius 2 is 1.80 bits per heavy atom. The number of aliphatic hydroxyl groups excluding tert-OH is 1. The second kappa shape index (κ2) is 9.94. The Kier molecular flexibility index (Phi) is 8.29. The minimum Gasteiger partial charge on any atom is -0.496 e. The van der Waals surface area contributed by atoms with Gasteiger partial charge >= 0.3 is 0 Å². The molecule has 0 aromatic heterocycles. The molecular weight excluding hydrogens is 312 g/mol. The van der Waals surface area contributed by atoms with E-state index in [-0.39, 0.29) is 5.92 Å². The molecule has 2 rings (SSSR count). The highest BCUT2D eigenvalue weighted by Crippen LogP contribution is 2.32. The van der Waals surface area contributed by atoms with Crippen molar-refractivity contribution in [2.24, 2.45) is 0 Å². The molecule has 0 saturated carbocycles. The molecule has 2 unspecified atom stereocenters.